The molecule has 2 aromatic heterocycles. The number of aromatic amines is 1. The number of nitrogens with one attached hydrogen (secondary N) is 2. The predicted octanol–water partition coefficient (Wildman–Crippen LogP) is 4.26. The third-order valence-electron chi connectivity index (χ3n) is 5.34. The molecule has 4 nitrogen and oxygen atoms in total. The maximum Gasteiger partial charge on any atom is 0.282 e. The summed E-state index contributed by atoms with van der Waals surface area (Å²) >= 11 is 1.77. The van der Waals surface area contributed by atoms with Gasteiger partial charge in [-0.15, -0.1) is 11.3 Å². The van der Waals surface area contributed by atoms with Gasteiger partial charge in [0.25, 0.3) is 5.91 Å². The Morgan fingerprint density at radius 3 is 2.66 bits per heavy atom. The number of fused-ring (bicyclic) bond motifs is 1. The highest BCUT2D eigenvalue weighted by atomic mass is 32.1. The molecule has 2 aromatic carbocycles. The topological polar surface area (TPSA) is 61.5 Å². The van der Waals surface area contributed by atoms with Crippen LogP contribution in [-0.4, -0.2) is 23.5 Å². The second-order valence-electron chi connectivity index (χ2n) is 7.47. The third-order valence-corrected chi connectivity index (χ3v) is 6.33. The molecule has 2 heterocycles. The number of thiophene rings is 1. The van der Waals surface area contributed by atoms with Crippen LogP contribution < -0.4 is 10.6 Å². The van der Waals surface area contributed by atoms with Crippen molar-refractivity contribution in [2.45, 2.75) is 25.8 Å². The van der Waals surface area contributed by atoms with E-state index < -0.39 is 0 Å². The number of nitrogens with two attached hydrogens (primary N) is 1. The number of hydrogen-bond donors (Lipinski definition) is 3. The number of carbonyl (C=O) groups excluding carboxylic acids is 1. The van der Waals surface area contributed by atoms with Crippen LogP contribution in [-0.2, 0) is 4.79 Å². The van der Waals surface area contributed by atoms with Crippen molar-refractivity contribution < 1.29 is 10.1 Å². The van der Waals surface area contributed by atoms with E-state index in [0.717, 1.165) is 17.7 Å². The van der Waals surface area contributed by atoms with Gasteiger partial charge in [-0.25, -0.2) is 0 Å². The van der Waals surface area contributed by atoms with E-state index in [2.05, 4.69) is 57.5 Å². The number of hydrogen-bond acceptors (Lipinski definition) is 2. The van der Waals surface area contributed by atoms with Crippen LogP contribution >= 0.6 is 11.3 Å². The zero-order chi connectivity index (χ0) is 20.2. The molecular weight excluding hydrogens is 378 g/mol. The zero-order valence-electron chi connectivity index (χ0n) is 16.7. The molecule has 0 radical (unpaired) electrons. The number of benzene rings is 2. The summed E-state index contributed by atoms with van der Waals surface area (Å²) in [5.74, 6) is 0.262. The molecule has 0 bridgehead atoms. The maximum absolute atomic E-state index is 12.6. The summed E-state index contributed by atoms with van der Waals surface area (Å²) < 4.78 is 0. The first-order valence-corrected chi connectivity index (χ1v) is 10.8. The number of rotatable bonds is 7. The minimum absolute atomic E-state index is 0.0257. The van der Waals surface area contributed by atoms with E-state index in [1.54, 1.807) is 11.3 Å². The van der Waals surface area contributed by atoms with Gasteiger partial charge in [0.15, 0.2) is 6.04 Å². The quantitative estimate of drug-likeness (QED) is 0.423. The van der Waals surface area contributed by atoms with Gasteiger partial charge in [0, 0.05) is 27.7 Å². The lowest BCUT2D eigenvalue weighted by Gasteiger charge is -2.17. The van der Waals surface area contributed by atoms with Crippen LogP contribution in [0, 0.1) is 6.92 Å². The molecular formula is C24H26N3OS+. The van der Waals surface area contributed by atoms with Gasteiger partial charge in [-0.1, -0.05) is 42.0 Å². The Morgan fingerprint density at radius 2 is 1.90 bits per heavy atom. The lowest BCUT2D eigenvalue weighted by atomic mass is 9.96. The van der Waals surface area contributed by atoms with E-state index in [-0.39, 0.29) is 17.9 Å². The second kappa shape index (κ2) is 8.64. The van der Waals surface area contributed by atoms with E-state index in [1.807, 2.05) is 44.2 Å². The Balaban J connectivity index is 1.48. The summed E-state index contributed by atoms with van der Waals surface area (Å²) in [6.45, 7) is 4.81. The van der Waals surface area contributed by atoms with Gasteiger partial charge in [0.2, 0.25) is 0 Å². The highest BCUT2D eigenvalue weighted by Crippen LogP contribution is 2.32. The first kappa shape index (κ1) is 19.4. The highest BCUT2D eigenvalue weighted by molar-refractivity contribution is 7.10. The zero-order valence-corrected chi connectivity index (χ0v) is 17.5. The number of aromatic nitrogens is 1. The largest absolute Gasteiger partial charge is 0.361 e. The summed E-state index contributed by atoms with van der Waals surface area (Å²) in [6, 6.07) is 20.4. The van der Waals surface area contributed by atoms with Crippen molar-refractivity contribution in [3.63, 3.8) is 0 Å². The molecule has 4 aromatic rings. The van der Waals surface area contributed by atoms with Crippen LogP contribution in [0.2, 0.25) is 0 Å². The highest BCUT2D eigenvalue weighted by Gasteiger charge is 2.24. The number of quaternary nitrogens is 1. The number of carbonyl (C=O) groups is 1. The average Bonchev–Trinajstić information content (AvgIpc) is 3.40. The summed E-state index contributed by atoms with van der Waals surface area (Å²) in [7, 11) is 0. The Bertz CT molecular complexity index is 1080. The Hall–Kier alpha value is -2.89. The lowest BCUT2D eigenvalue weighted by Crippen LogP contribution is -2.92. The fourth-order valence-corrected chi connectivity index (χ4v) is 4.47. The Morgan fingerprint density at radius 1 is 1.10 bits per heavy atom. The summed E-state index contributed by atoms with van der Waals surface area (Å²) in [5.41, 5.74) is 4.45. The molecule has 0 spiro atoms. The van der Waals surface area contributed by atoms with Crippen LogP contribution in [0.1, 0.15) is 28.8 Å². The first-order valence-electron chi connectivity index (χ1n) is 9.92. The van der Waals surface area contributed by atoms with E-state index >= 15 is 0 Å². The van der Waals surface area contributed by atoms with E-state index in [9.17, 15) is 4.79 Å². The molecule has 4 N–H and O–H groups in total. The molecule has 0 fully saturated rings. The predicted molar refractivity (Wildman–Crippen MR) is 121 cm³/mol. The van der Waals surface area contributed by atoms with Crippen molar-refractivity contribution in [2.24, 2.45) is 0 Å². The molecule has 0 aliphatic carbocycles. The van der Waals surface area contributed by atoms with Crippen molar-refractivity contribution in [3.05, 3.63) is 88.2 Å². The Labute approximate surface area is 175 Å². The van der Waals surface area contributed by atoms with Crippen LogP contribution in [0.4, 0.5) is 5.69 Å². The van der Waals surface area contributed by atoms with Gasteiger partial charge < -0.3 is 15.6 Å². The van der Waals surface area contributed by atoms with Crippen LogP contribution in [0.25, 0.3) is 10.9 Å². The van der Waals surface area contributed by atoms with E-state index in [4.69, 9.17) is 0 Å². The molecule has 4 rings (SSSR count). The van der Waals surface area contributed by atoms with Crippen LogP contribution in [0.3, 0.4) is 0 Å². The van der Waals surface area contributed by atoms with Crippen molar-refractivity contribution in [1.82, 2.24) is 4.98 Å². The molecule has 1 amide bonds. The van der Waals surface area contributed by atoms with E-state index in [0.29, 0.717) is 0 Å². The molecule has 0 aliphatic heterocycles. The van der Waals surface area contributed by atoms with Crippen LogP contribution in [0.5, 0.6) is 0 Å². The Kier molecular flexibility index (Phi) is 5.79. The van der Waals surface area contributed by atoms with Crippen LogP contribution in [0.15, 0.2) is 72.2 Å². The van der Waals surface area contributed by atoms with Gasteiger partial charge >= 0.3 is 0 Å². The molecule has 0 saturated heterocycles. The molecule has 0 aliphatic rings. The summed E-state index contributed by atoms with van der Waals surface area (Å²) in [4.78, 5) is 17.4. The lowest BCUT2D eigenvalue weighted by molar-refractivity contribution is -0.674. The number of aryl methyl sites for hydroxylation is 1. The van der Waals surface area contributed by atoms with Crippen molar-refractivity contribution >= 4 is 33.8 Å². The van der Waals surface area contributed by atoms with Gasteiger partial charge in [0.1, 0.15) is 0 Å². The SMILES string of the molecule is Cc1ccc(NC(=O)[C@@H](C)[NH2+]C[C@@H](c2cccs2)c2c[nH]c3ccccc23)cc1. The van der Waals surface area contributed by atoms with Crippen molar-refractivity contribution in [1.29, 1.82) is 0 Å². The number of anilines is 1. The minimum Gasteiger partial charge on any atom is -0.361 e. The van der Waals surface area contributed by atoms with Gasteiger partial charge in [0.05, 0.1) is 12.5 Å². The van der Waals surface area contributed by atoms with Crippen molar-refractivity contribution in [2.75, 3.05) is 11.9 Å². The summed E-state index contributed by atoms with van der Waals surface area (Å²) in [6.07, 6.45) is 2.11. The smallest absolute Gasteiger partial charge is 0.282 e. The van der Waals surface area contributed by atoms with Gasteiger partial charge in [-0.3, -0.25) is 4.79 Å². The average molecular weight is 405 g/mol. The minimum atomic E-state index is -0.177. The first-order chi connectivity index (χ1) is 14.1. The van der Waals surface area contributed by atoms with Crippen molar-refractivity contribution in [3.8, 4) is 0 Å². The molecule has 148 valence electrons. The number of amides is 1. The molecule has 0 saturated carbocycles. The standard InChI is InChI=1S/C24H25N3OS/c1-16-9-11-18(12-10-16)27-24(28)17(2)25-15-21(23-8-5-13-29-23)20-14-26-22-7-4-3-6-19(20)22/h3-14,17,21,25-26H,15H2,1-2H3,(H,27,28)/p+1/t17-,21-/m1/s1. The fourth-order valence-electron chi connectivity index (χ4n) is 3.61. The second-order valence-corrected chi connectivity index (χ2v) is 8.45. The summed E-state index contributed by atoms with van der Waals surface area (Å²) in [5, 5.41) is 8.51. The fraction of sp³-hybridized carbons (Fsp3) is 0.208. The van der Waals surface area contributed by atoms with Gasteiger partial charge in [-0.2, -0.15) is 0 Å². The number of para-hydroxylation sites is 1. The molecule has 0 unspecified atom stereocenters. The monoisotopic (exact) mass is 404 g/mol. The molecule has 5 heteroatoms. The maximum atomic E-state index is 12.6. The normalized spacial score (nSPS) is 13.3. The third kappa shape index (κ3) is 4.42. The molecule has 29 heavy (non-hydrogen) atoms. The molecule has 2 atom stereocenters. The van der Waals surface area contributed by atoms with Gasteiger partial charge in [-0.05, 0) is 49.1 Å². The van der Waals surface area contributed by atoms with E-state index in [1.165, 1.54) is 21.4 Å². The number of H-pyrrole nitrogens is 1.